The van der Waals surface area contributed by atoms with Crippen LogP contribution in [0, 0.1) is 5.82 Å². The molecule has 17 heavy (non-hydrogen) atoms. The zero-order valence-electron chi connectivity index (χ0n) is 9.68. The van der Waals surface area contributed by atoms with Gasteiger partial charge in [0.2, 0.25) is 0 Å². The second-order valence-electron chi connectivity index (χ2n) is 3.91. The highest BCUT2D eigenvalue weighted by Crippen LogP contribution is 2.13. The maximum absolute atomic E-state index is 13.0. The molecule has 0 amide bonds. The minimum Gasteiger partial charge on any atom is -0.382 e. The first-order valence-corrected chi connectivity index (χ1v) is 5.41. The summed E-state index contributed by atoms with van der Waals surface area (Å²) in [5.74, 6) is 0.288. The Labute approximate surface area is 99.5 Å². The van der Waals surface area contributed by atoms with Crippen LogP contribution in [-0.4, -0.2) is 23.4 Å². The van der Waals surface area contributed by atoms with Crippen LogP contribution in [0.2, 0.25) is 0 Å². The van der Waals surface area contributed by atoms with Crippen LogP contribution in [0.3, 0.4) is 0 Å². The standard InChI is InChI=1S/C12H15FN4/c1-16(11-4-2-3-10(13)9-11)7-8-17-6-5-12(14)15-17/h2-6,9H,7-8H2,1H3,(H2,14,15). The number of aromatic nitrogens is 2. The minimum atomic E-state index is -0.224. The van der Waals surface area contributed by atoms with Gasteiger partial charge in [-0.3, -0.25) is 4.68 Å². The van der Waals surface area contributed by atoms with Gasteiger partial charge in [0, 0.05) is 25.5 Å². The quantitative estimate of drug-likeness (QED) is 0.876. The number of nitrogen functional groups attached to an aromatic ring is 1. The Hall–Kier alpha value is -2.04. The number of hydrogen-bond acceptors (Lipinski definition) is 3. The van der Waals surface area contributed by atoms with Gasteiger partial charge in [0.1, 0.15) is 11.6 Å². The van der Waals surface area contributed by atoms with E-state index in [1.54, 1.807) is 16.8 Å². The molecule has 2 N–H and O–H groups in total. The lowest BCUT2D eigenvalue weighted by Gasteiger charge is -2.19. The Balaban J connectivity index is 1.95. The Morgan fingerprint density at radius 2 is 2.24 bits per heavy atom. The third-order valence-corrected chi connectivity index (χ3v) is 2.57. The van der Waals surface area contributed by atoms with Crippen molar-refractivity contribution in [3.63, 3.8) is 0 Å². The van der Waals surface area contributed by atoms with Gasteiger partial charge in [-0.15, -0.1) is 0 Å². The lowest BCUT2D eigenvalue weighted by molar-refractivity contribution is 0.609. The number of hydrogen-bond donors (Lipinski definition) is 1. The predicted octanol–water partition coefficient (Wildman–Crippen LogP) is 1.74. The summed E-state index contributed by atoms with van der Waals surface area (Å²) in [6, 6.07) is 8.28. The largest absolute Gasteiger partial charge is 0.382 e. The number of halogens is 1. The van der Waals surface area contributed by atoms with Crippen LogP contribution in [0.15, 0.2) is 36.5 Å². The van der Waals surface area contributed by atoms with Crippen molar-refractivity contribution in [1.29, 1.82) is 0 Å². The van der Waals surface area contributed by atoms with Gasteiger partial charge in [0.05, 0.1) is 6.54 Å². The number of anilines is 2. The van der Waals surface area contributed by atoms with Crippen molar-refractivity contribution in [2.24, 2.45) is 0 Å². The fourth-order valence-corrected chi connectivity index (χ4v) is 1.60. The van der Waals surface area contributed by atoms with E-state index in [0.717, 1.165) is 12.2 Å². The van der Waals surface area contributed by atoms with Crippen molar-refractivity contribution in [1.82, 2.24) is 9.78 Å². The van der Waals surface area contributed by atoms with Crippen LogP contribution in [0.4, 0.5) is 15.9 Å². The predicted molar refractivity (Wildman–Crippen MR) is 66.3 cm³/mol. The van der Waals surface area contributed by atoms with E-state index in [2.05, 4.69) is 5.10 Å². The van der Waals surface area contributed by atoms with Crippen molar-refractivity contribution < 1.29 is 4.39 Å². The molecule has 5 heteroatoms. The molecule has 0 fully saturated rings. The fraction of sp³-hybridized carbons (Fsp3) is 0.250. The van der Waals surface area contributed by atoms with Gasteiger partial charge in [-0.1, -0.05) is 6.07 Å². The molecule has 0 radical (unpaired) electrons. The summed E-state index contributed by atoms with van der Waals surface area (Å²) in [6.45, 7) is 1.45. The topological polar surface area (TPSA) is 47.1 Å². The summed E-state index contributed by atoms with van der Waals surface area (Å²) >= 11 is 0. The molecule has 2 rings (SSSR count). The van der Waals surface area contributed by atoms with Gasteiger partial charge in [0.15, 0.2) is 0 Å². The Kier molecular flexibility index (Phi) is 3.27. The fourth-order valence-electron chi connectivity index (χ4n) is 1.60. The molecule has 0 aliphatic carbocycles. The second kappa shape index (κ2) is 4.86. The van der Waals surface area contributed by atoms with E-state index in [0.29, 0.717) is 12.4 Å². The van der Waals surface area contributed by atoms with Crippen LogP contribution in [0.1, 0.15) is 0 Å². The number of nitrogens with two attached hydrogens (primary N) is 1. The highest BCUT2D eigenvalue weighted by atomic mass is 19.1. The molecule has 0 spiro atoms. The smallest absolute Gasteiger partial charge is 0.145 e. The molecule has 0 aliphatic rings. The van der Waals surface area contributed by atoms with Gasteiger partial charge < -0.3 is 10.6 Å². The van der Waals surface area contributed by atoms with E-state index in [4.69, 9.17) is 5.73 Å². The van der Waals surface area contributed by atoms with Crippen LogP contribution in [0.25, 0.3) is 0 Å². The molecule has 0 unspecified atom stereocenters. The molecule has 2 aromatic rings. The maximum atomic E-state index is 13.0. The van der Waals surface area contributed by atoms with Gasteiger partial charge >= 0.3 is 0 Å². The number of rotatable bonds is 4. The molecular formula is C12H15FN4. The van der Waals surface area contributed by atoms with Gasteiger partial charge in [-0.05, 0) is 24.3 Å². The van der Waals surface area contributed by atoms with E-state index >= 15 is 0 Å². The maximum Gasteiger partial charge on any atom is 0.145 e. The van der Waals surface area contributed by atoms with E-state index in [1.807, 2.05) is 24.2 Å². The first-order chi connectivity index (χ1) is 8.15. The molecule has 1 aromatic heterocycles. The number of nitrogens with zero attached hydrogens (tertiary/aromatic N) is 3. The van der Waals surface area contributed by atoms with E-state index < -0.39 is 0 Å². The molecule has 1 heterocycles. The van der Waals surface area contributed by atoms with Crippen molar-refractivity contribution in [3.05, 3.63) is 42.3 Å². The second-order valence-corrected chi connectivity index (χ2v) is 3.91. The normalized spacial score (nSPS) is 10.5. The summed E-state index contributed by atoms with van der Waals surface area (Å²) in [6.07, 6.45) is 1.83. The summed E-state index contributed by atoms with van der Waals surface area (Å²) in [5.41, 5.74) is 6.37. The summed E-state index contributed by atoms with van der Waals surface area (Å²) in [5, 5.41) is 4.09. The molecule has 4 nitrogen and oxygen atoms in total. The van der Waals surface area contributed by atoms with E-state index in [-0.39, 0.29) is 5.82 Å². The van der Waals surface area contributed by atoms with E-state index in [9.17, 15) is 4.39 Å². The van der Waals surface area contributed by atoms with Gasteiger partial charge in [0.25, 0.3) is 0 Å². The van der Waals surface area contributed by atoms with Crippen LogP contribution in [-0.2, 0) is 6.54 Å². The van der Waals surface area contributed by atoms with E-state index in [1.165, 1.54) is 12.1 Å². The molecule has 90 valence electrons. The van der Waals surface area contributed by atoms with Crippen molar-refractivity contribution >= 4 is 11.5 Å². The van der Waals surface area contributed by atoms with Crippen molar-refractivity contribution in [2.75, 3.05) is 24.2 Å². The average molecular weight is 234 g/mol. The molecule has 0 aliphatic heterocycles. The molecular weight excluding hydrogens is 219 g/mol. The summed E-state index contributed by atoms with van der Waals surface area (Å²) in [7, 11) is 1.92. The lowest BCUT2D eigenvalue weighted by Crippen LogP contribution is -2.23. The molecule has 0 saturated heterocycles. The third kappa shape index (κ3) is 2.96. The SMILES string of the molecule is CN(CCn1ccc(N)n1)c1cccc(F)c1. The highest BCUT2D eigenvalue weighted by molar-refractivity contribution is 5.45. The van der Waals surface area contributed by atoms with Crippen molar-refractivity contribution in [3.8, 4) is 0 Å². The minimum absolute atomic E-state index is 0.224. The highest BCUT2D eigenvalue weighted by Gasteiger charge is 2.02. The zero-order valence-corrected chi connectivity index (χ0v) is 9.68. The van der Waals surface area contributed by atoms with Crippen LogP contribution < -0.4 is 10.6 Å². The number of likely N-dealkylation sites (N-methyl/N-ethyl adjacent to an activating group) is 1. The van der Waals surface area contributed by atoms with Crippen LogP contribution in [0.5, 0.6) is 0 Å². The third-order valence-electron chi connectivity index (χ3n) is 2.57. The average Bonchev–Trinajstić information content (AvgIpc) is 2.72. The Bertz CT molecular complexity index is 495. The first-order valence-electron chi connectivity index (χ1n) is 5.41. The Morgan fingerprint density at radius 3 is 2.88 bits per heavy atom. The molecule has 0 atom stereocenters. The summed E-state index contributed by atoms with van der Waals surface area (Å²) < 4.78 is 14.8. The summed E-state index contributed by atoms with van der Waals surface area (Å²) in [4.78, 5) is 1.97. The zero-order chi connectivity index (χ0) is 12.3. The Morgan fingerprint density at radius 1 is 1.41 bits per heavy atom. The first kappa shape index (κ1) is 11.4. The van der Waals surface area contributed by atoms with Crippen LogP contribution >= 0.6 is 0 Å². The molecule has 1 aromatic carbocycles. The van der Waals surface area contributed by atoms with Crippen molar-refractivity contribution in [2.45, 2.75) is 6.54 Å². The van der Waals surface area contributed by atoms with Gasteiger partial charge in [-0.25, -0.2) is 4.39 Å². The lowest BCUT2D eigenvalue weighted by atomic mass is 10.3. The monoisotopic (exact) mass is 234 g/mol. The molecule has 0 saturated carbocycles. The van der Waals surface area contributed by atoms with Gasteiger partial charge in [-0.2, -0.15) is 5.10 Å². The molecule has 0 bridgehead atoms. The number of benzene rings is 1.